The molecule has 10 heteroatoms. The number of hydrogen-bond donors (Lipinski definition) is 4. The summed E-state index contributed by atoms with van der Waals surface area (Å²) in [5.41, 5.74) is 12.1. The number of imidazole rings is 1. The predicted molar refractivity (Wildman–Crippen MR) is 99.0 cm³/mol. The van der Waals surface area contributed by atoms with Crippen molar-refractivity contribution in [2.75, 3.05) is 0 Å². The molecule has 0 aliphatic heterocycles. The number of carboxylic acid groups (broad SMARTS) is 3. The maximum absolute atomic E-state index is 10.7. The Labute approximate surface area is 164 Å². The first-order valence-electron chi connectivity index (χ1n) is 9.24. The number of aryl methyl sites for hydroxylation is 3. The van der Waals surface area contributed by atoms with Gasteiger partial charge in [-0.25, -0.2) is 9.13 Å². The fraction of sp³-hybridized carbons (Fsp3) is 0.667. The van der Waals surface area contributed by atoms with Crippen LogP contribution in [0, 0.1) is 6.92 Å². The molecule has 0 bridgehead atoms. The van der Waals surface area contributed by atoms with Gasteiger partial charge in [0.2, 0.25) is 6.33 Å². The summed E-state index contributed by atoms with van der Waals surface area (Å²) in [5, 5.41) is 26.4. The maximum Gasteiger partial charge on any atom is 0.320 e. The third-order valence-electron chi connectivity index (χ3n) is 4.07. The second-order valence-corrected chi connectivity index (χ2v) is 6.69. The summed E-state index contributed by atoms with van der Waals surface area (Å²) in [6.07, 6.45) is 8.37. The van der Waals surface area contributed by atoms with Crippen LogP contribution in [0.1, 0.15) is 51.1 Å². The monoisotopic (exact) mass is 400 g/mol. The Morgan fingerprint density at radius 1 is 1.07 bits per heavy atom. The van der Waals surface area contributed by atoms with Crippen molar-refractivity contribution in [3.05, 3.63) is 18.2 Å². The van der Waals surface area contributed by atoms with Crippen molar-refractivity contribution in [3.8, 4) is 0 Å². The molecule has 2 atom stereocenters. The number of aromatic nitrogens is 2. The van der Waals surface area contributed by atoms with Crippen LogP contribution in [-0.2, 0) is 27.5 Å². The zero-order chi connectivity index (χ0) is 21.7. The molecule has 0 fully saturated rings. The van der Waals surface area contributed by atoms with Crippen LogP contribution >= 0.6 is 0 Å². The summed E-state index contributed by atoms with van der Waals surface area (Å²) in [6, 6.07) is -1.56. The molecule has 1 aromatic rings. The molecule has 0 saturated heterocycles. The third kappa shape index (κ3) is 12.0. The van der Waals surface area contributed by atoms with Crippen LogP contribution in [0.3, 0.4) is 0 Å². The summed E-state index contributed by atoms with van der Waals surface area (Å²) in [5.74, 6) is -2.99. The number of rotatable bonds is 12. The molecule has 0 saturated carbocycles. The highest BCUT2D eigenvalue weighted by Gasteiger charge is 2.13. The fourth-order valence-corrected chi connectivity index (χ4v) is 2.53. The van der Waals surface area contributed by atoms with E-state index in [1.165, 1.54) is 0 Å². The van der Waals surface area contributed by atoms with Gasteiger partial charge in [-0.15, -0.1) is 0 Å². The zero-order valence-corrected chi connectivity index (χ0v) is 16.5. The van der Waals surface area contributed by atoms with E-state index < -0.39 is 30.0 Å². The second kappa shape index (κ2) is 13.7. The van der Waals surface area contributed by atoms with E-state index in [0.29, 0.717) is 12.8 Å². The van der Waals surface area contributed by atoms with Gasteiger partial charge in [0, 0.05) is 12.9 Å². The number of carbonyl (C=O) groups is 3. The summed E-state index contributed by atoms with van der Waals surface area (Å²) < 4.78 is 4.22. The van der Waals surface area contributed by atoms with Crippen molar-refractivity contribution in [3.63, 3.8) is 0 Å². The lowest BCUT2D eigenvalue weighted by atomic mass is 10.1. The van der Waals surface area contributed by atoms with Crippen LogP contribution in [0.2, 0.25) is 0 Å². The van der Waals surface area contributed by atoms with Gasteiger partial charge < -0.3 is 31.6 Å². The molecule has 0 aromatic carbocycles. The molecule has 1 rings (SSSR count). The molecule has 0 amide bonds. The summed E-state index contributed by atoms with van der Waals surface area (Å²) in [7, 11) is 0. The van der Waals surface area contributed by atoms with E-state index in [-0.39, 0.29) is 0 Å². The number of carbonyl (C=O) groups excluding carboxylic acids is 1. The number of nitrogens with two attached hydrogens (primary N) is 2. The number of unbranched alkanes of at least 4 members (excludes halogenated alkanes) is 2. The van der Waals surface area contributed by atoms with E-state index in [1.54, 1.807) is 0 Å². The predicted octanol–water partition coefficient (Wildman–Crippen LogP) is -0.995. The molecule has 10 nitrogen and oxygen atoms in total. The smallest absolute Gasteiger partial charge is 0.320 e. The largest absolute Gasteiger partial charge is 0.550 e. The molecule has 0 aliphatic carbocycles. The van der Waals surface area contributed by atoms with Crippen molar-refractivity contribution < 1.29 is 34.3 Å². The van der Waals surface area contributed by atoms with Crippen LogP contribution in [0.25, 0.3) is 0 Å². The first kappa shape index (κ1) is 25.5. The van der Waals surface area contributed by atoms with Crippen LogP contribution in [0.4, 0.5) is 0 Å². The quantitative estimate of drug-likeness (QED) is 0.255. The average Bonchev–Trinajstić information content (AvgIpc) is 2.94. The van der Waals surface area contributed by atoms with E-state index in [0.717, 1.165) is 51.4 Å². The first-order chi connectivity index (χ1) is 13.0. The van der Waals surface area contributed by atoms with Crippen molar-refractivity contribution in [1.82, 2.24) is 4.57 Å². The minimum absolute atomic E-state index is 0.486. The zero-order valence-electron chi connectivity index (χ0n) is 16.5. The summed E-state index contributed by atoms with van der Waals surface area (Å²) >= 11 is 0. The highest BCUT2D eigenvalue weighted by atomic mass is 16.4. The third-order valence-corrected chi connectivity index (χ3v) is 4.07. The van der Waals surface area contributed by atoms with Crippen LogP contribution in [0.15, 0.2) is 12.5 Å². The van der Waals surface area contributed by atoms with Crippen molar-refractivity contribution in [2.24, 2.45) is 11.5 Å². The van der Waals surface area contributed by atoms with Gasteiger partial charge in [0.25, 0.3) is 0 Å². The van der Waals surface area contributed by atoms with Gasteiger partial charge in [0.05, 0.1) is 13.1 Å². The van der Waals surface area contributed by atoms with E-state index in [1.807, 2.05) is 13.3 Å². The molecule has 28 heavy (non-hydrogen) atoms. The van der Waals surface area contributed by atoms with E-state index in [9.17, 15) is 9.59 Å². The highest BCUT2D eigenvalue weighted by Crippen LogP contribution is 2.05. The Kier molecular flexibility index (Phi) is 12.5. The van der Waals surface area contributed by atoms with Gasteiger partial charge in [-0.2, -0.15) is 0 Å². The maximum atomic E-state index is 10.7. The molecular formula is C18H32N4O6. The summed E-state index contributed by atoms with van der Waals surface area (Å²) in [6.45, 7) is 4.65. The van der Waals surface area contributed by atoms with Gasteiger partial charge in [0.15, 0.2) is 0 Å². The Morgan fingerprint density at radius 3 is 2.00 bits per heavy atom. The molecule has 160 valence electrons. The molecule has 6 N–H and O–H groups in total. The Balaban J connectivity index is 0.00000165. The van der Waals surface area contributed by atoms with Crippen LogP contribution in [-0.4, -0.2) is 44.8 Å². The molecule has 1 heterocycles. The summed E-state index contributed by atoms with van der Waals surface area (Å²) in [4.78, 5) is 30.2. The van der Waals surface area contributed by atoms with Crippen LogP contribution < -0.4 is 21.1 Å². The minimum atomic E-state index is -1.08. The number of hydrogen-bond acceptors (Lipinski definition) is 6. The SMILES string of the molecule is CC(=O)[O-].Cc1c[n+](CCCC[C@H](N)C(=O)O)cn1CCCC[C@H](N)C(=O)O. The number of carboxylic acids is 3. The topological polar surface area (TPSA) is 176 Å². The molecule has 0 radical (unpaired) electrons. The van der Waals surface area contributed by atoms with Gasteiger partial charge in [-0.3, -0.25) is 9.59 Å². The van der Waals surface area contributed by atoms with Crippen LogP contribution in [0.5, 0.6) is 0 Å². The fourth-order valence-electron chi connectivity index (χ4n) is 2.53. The lowest BCUT2D eigenvalue weighted by Crippen LogP contribution is -2.32. The van der Waals surface area contributed by atoms with Crippen molar-refractivity contribution in [1.29, 1.82) is 0 Å². The lowest BCUT2D eigenvalue weighted by molar-refractivity contribution is -0.697. The van der Waals surface area contributed by atoms with Gasteiger partial charge >= 0.3 is 11.9 Å². The Hall–Kier alpha value is -2.46. The molecular weight excluding hydrogens is 368 g/mol. The number of nitrogens with zero attached hydrogens (tertiary/aromatic N) is 2. The molecule has 0 spiro atoms. The van der Waals surface area contributed by atoms with E-state index in [4.69, 9.17) is 31.6 Å². The normalized spacial score (nSPS) is 12.6. The lowest BCUT2D eigenvalue weighted by Gasteiger charge is -2.05. The second-order valence-electron chi connectivity index (χ2n) is 6.69. The minimum Gasteiger partial charge on any atom is -0.550 e. The van der Waals surface area contributed by atoms with E-state index >= 15 is 0 Å². The highest BCUT2D eigenvalue weighted by molar-refractivity contribution is 5.73. The standard InChI is InChI=1S/C16H28N4O4.C2H4O2/c1-12-10-19(8-4-2-6-13(17)15(21)22)11-20(12)9-5-3-7-14(18)16(23)24;1-2(3)4/h10-11,13-14H,2-9,17-18H2,1H3,(H-,21,22,23,24);1H3,(H,3,4)/t13-,14-;/m0./s1. The average molecular weight is 400 g/mol. The number of aliphatic carboxylic acids is 3. The Bertz CT molecular complexity index is 628. The molecule has 1 aromatic heterocycles. The molecule has 0 unspecified atom stereocenters. The van der Waals surface area contributed by atoms with E-state index in [2.05, 4.69) is 15.3 Å². The Morgan fingerprint density at radius 2 is 1.54 bits per heavy atom. The van der Waals surface area contributed by atoms with Gasteiger partial charge in [-0.1, -0.05) is 0 Å². The van der Waals surface area contributed by atoms with Gasteiger partial charge in [-0.05, 0) is 45.4 Å². The molecule has 0 aliphatic rings. The van der Waals surface area contributed by atoms with Gasteiger partial charge in [0.1, 0.15) is 24.0 Å². The first-order valence-corrected chi connectivity index (χ1v) is 9.24. The van der Waals surface area contributed by atoms with Crippen molar-refractivity contribution >= 4 is 17.9 Å². The van der Waals surface area contributed by atoms with Crippen molar-refractivity contribution in [2.45, 2.75) is 77.5 Å².